The second kappa shape index (κ2) is 6.33. The molecular formula is C16H16ClF2N. The molecule has 0 aliphatic carbocycles. The highest BCUT2D eigenvalue weighted by Crippen LogP contribution is 2.29. The van der Waals surface area contributed by atoms with Crippen molar-refractivity contribution < 1.29 is 8.78 Å². The minimum atomic E-state index is -0.579. The van der Waals surface area contributed by atoms with Gasteiger partial charge in [0.1, 0.15) is 11.6 Å². The number of rotatable bonds is 4. The lowest BCUT2D eigenvalue weighted by molar-refractivity contribution is 0.540. The molecule has 2 aromatic rings. The highest BCUT2D eigenvalue weighted by Gasteiger charge is 2.19. The Bertz CT molecular complexity index is 613. The number of benzene rings is 2. The second-order valence-electron chi connectivity index (χ2n) is 4.66. The molecule has 0 saturated heterocycles. The van der Waals surface area contributed by atoms with Crippen molar-refractivity contribution in [2.24, 2.45) is 0 Å². The number of nitrogens with one attached hydrogen (secondary N) is 1. The summed E-state index contributed by atoms with van der Waals surface area (Å²) in [6.07, 6.45) is 0. The average Bonchev–Trinajstić information content (AvgIpc) is 2.40. The molecule has 1 nitrogen and oxygen atoms in total. The first-order valence-corrected chi connectivity index (χ1v) is 6.85. The summed E-state index contributed by atoms with van der Waals surface area (Å²) in [5, 5.41) is 3.82. The molecule has 1 unspecified atom stereocenters. The van der Waals surface area contributed by atoms with Crippen molar-refractivity contribution in [1.82, 2.24) is 5.32 Å². The standard InChI is InChI=1S/C16H16ClF2N/c1-3-20-16(13-7-6-12(18)9-15(13)19)14-8-11(17)5-4-10(14)2/h4-9,16,20H,3H2,1-2H3. The molecule has 2 rings (SSSR count). The summed E-state index contributed by atoms with van der Waals surface area (Å²) in [6, 6.07) is 8.79. The minimum absolute atomic E-state index is 0.348. The normalized spacial score (nSPS) is 12.4. The molecule has 0 heterocycles. The third-order valence-electron chi connectivity index (χ3n) is 3.23. The largest absolute Gasteiger partial charge is 0.306 e. The number of halogens is 3. The fraction of sp³-hybridized carbons (Fsp3) is 0.250. The van der Waals surface area contributed by atoms with Crippen molar-refractivity contribution in [2.75, 3.05) is 6.54 Å². The van der Waals surface area contributed by atoms with E-state index in [0.29, 0.717) is 17.1 Å². The number of aryl methyl sites for hydroxylation is 1. The zero-order valence-electron chi connectivity index (χ0n) is 11.4. The molecule has 0 fully saturated rings. The lowest BCUT2D eigenvalue weighted by Gasteiger charge is -2.21. The van der Waals surface area contributed by atoms with Crippen molar-refractivity contribution in [3.63, 3.8) is 0 Å². The van der Waals surface area contributed by atoms with E-state index in [1.165, 1.54) is 12.1 Å². The van der Waals surface area contributed by atoms with Gasteiger partial charge in [0, 0.05) is 16.7 Å². The van der Waals surface area contributed by atoms with Crippen LogP contribution in [0.1, 0.15) is 29.7 Å². The average molecular weight is 296 g/mol. The van der Waals surface area contributed by atoms with Crippen LogP contribution in [-0.2, 0) is 0 Å². The molecular weight excluding hydrogens is 280 g/mol. The van der Waals surface area contributed by atoms with E-state index in [4.69, 9.17) is 11.6 Å². The van der Waals surface area contributed by atoms with Crippen LogP contribution in [0.5, 0.6) is 0 Å². The van der Waals surface area contributed by atoms with E-state index in [-0.39, 0.29) is 6.04 Å². The van der Waals surface area contributed by atoms with E-state index in [2.05, 4.69) is 5.32 Å². The Kier molecular flexibility index (Phi) is 4.73. The molecule has 0 spiro atoms. The Morgan fingerprint density at radius 1 is 1.10 bits per heavy atom. The third-order valence-corrected chi connectivity index (χ3v) is 3.47. The van der Waals surface area contributed by atoms with Gasteiger partial charge in [-0.05, 0) is 42.8 Å². The Morgan fingerprint density at radius 2 is 1.85 bits per heavy atom. The predicted molar refractivity (Wildman–Crippen MR) is 78.1 cm³/mol. The summed E-state index contributed by atoms with van der Waals surface area (Å²) >= 11 is 6.03. The van der Waals surface area contributed by atoms with Crippen molar-refractivity contribution >= 4 is 11.6 Å². The van der Waals surface area contributed by atoms with Gasteiger partial charge in [0.05, 0.1) is 6.04 Å². The van der Waals surface area contributed by atoms with Crippen molar-refractivity contribution in [3.8, 4) is 0 Å². The topological polar surface area (TPSA) is 12.0 Å². The smallest absolute Gasteiger partial charge is 0.131 e. The second-order valence-corrected chi connectivity index (χ2v) is 5.09. The molecule has 0 aliphatic heterocycles. The van der Waals surface area contributed by atoms with Gasteiger partial charge in [-0.15, -0.1) is 0 Å². The van der Waals surface area contributed by atoms with Gasteiger partial charge in [0.15, 0.2) is 0 Å². The maximum atomic E-state index is 14.0. The first-order valence-electron chi connectivity index (χ1n) is 6.47. The van der Waals surface area contributed by atoms with Gasteiger partial charge < -0.3 is 5.32 Å². The molecule has 0 radical (unpaired) electrons. The molecule has 4 heteroatoms. The summed E-state index contributed by atoms with van der Waals surface area (Å²) in [5.41, 5.74) is 2.31. The van der Waals surface area contributed by atoms with Crippen LogP contribution in [0.4, 0.5) is 8.78 Å². The van der Waals surface area contributed by atoms with E-state index in [0.717, 1.165) is 17.2 Å². The van der Waals surface area contributed by atoms with Crippen LogP contribution in [0.25, 0.3) is 0 Å². The highest BCUT2D eigenvalue weighted by atomic mass is 35.5. The Balaban J connectivity index is 2.53. The van der Waals surface area contributed by atoms with Gasteiger partial charge in [-0.1, -0.05) is 30.7 Å². The Labute approximate surface area is 122 Å². The van der Waals surface area contributed by atoms with Gasteiger partial charge in [-0.25, -0.2) is 8.78 Å². The summed E-state index contributed by atoms with van der Waals surface area (Å²) in [4.78, 5) is 0. The molecule has 2 aromatic carbocycles. The zero-order chi connectivity index (χ0) is 14.7. The zero-order valence-corrected chi connectivity index (χ0v) is 12.1. The van der Waals surface area contributed by atoms with Crippen LogP contribution in [-0.4, -0.2) is 6.54 Å². The van der Waals surface area contributed by atoms with E-state index in [9.17, 15) is 8.78 Å². The summed E-state index contributed by atoms with van der Waals surface area (Å²) < 4.78 is 27.1. The van der Waals surface area contributed by atoms with Crippen molar-refractivity contribution in [1.29, 1.82) is 0 Å². The minimum Gasteiger partial charge on any atom is -0.306 e. The summed E-state index contributed by atoms with van der Waals surface area (Å²) in [5.74, 6) is -1.14. The molecule has 1 N–H and O–H groups in total. The maximum Gasteiger partial charge on any atom is 0.131 e. The van der Waals surface area contributed by atoms with Crippen molar-refractivity contribution in [3.05, 3.63) is 69.7 Å². The monoisotopic (exact) mass is 295 g/mol. The van der Waals surface area contributed by atoms with Crippen molar-refractivity contribution in [2.45, 2.75) is 19.9 Å². The Morgan fingerprint density at radius 3 is 2.50 bits per heavy atom. The molecule has 1 atom stereocenters. The first-order chi connectivity index (χ1) is 9.52. The summed E-state index contributed by atoms with van der Waals surface area (Å²) in [6.45, 7) is 4.54. The number of hydrogen-bond donors (Lipinski definition) is 1. The summed E-state index contributed by atoms with van der Waals surface area (Å²) in [7, 11) is 0. The van der Waals surface area contributed by atoms with Gasteiger partial charge >= 0.3 is 0 Å². The van der Waals surface area contributed by atoms with Gasteiger partial charge in [0.25, 0.3) is 0 Å². The van der Waals surface area contributed by atoms with Gasteiger partial charge in [0.2, 0.25) is 0 Å². The fourth-order valence-corrected chi connectivity index (χ4v) is 2.43. The van der Waals surface area contributed by atoms with E-state index >= 15 is 0 Å². The predicted octanol–water partition coefficient (Wildman–Crippen LogP) is 4.63. The number of hydrogen-bond acceptors (Lipinski definition) is 1. The molecule has 20 heavy (non-hydrogen) atoms. The lowest BCUT2D eigenvalue weighted by Crippen LogP contribution is -2.23. The SMILES string of the molecule is CCNC(c1cc(Cl)ccc1C)c1ccc(F)cc1F. The van der Waals surface area contributed by atoms with Crippen LogP contribution in [0.2, 0.25) is 5.02 Å². The molecule has 0 aromatic heterocycles. The molecule has 106 valence electrons. The first kappa shape index (κ1) is 14.9. The van der Waals surface area contributed by atoms with E-state index in [1.54, 1.807) is 6.07 Å². The van der Waals surface area contributed by atoms with Crippen LogP contribution >= 0.6 is 11.6 Å². The van der Waals surface area contributed by atoms with Crippen LogP contribution < -0.4 is 5.32 Å². The molecule has 0 aliphatic rings. The lowest BCUT2D eigenvalue weighted by atomic mass is 9.94. The van der Waals surface area contributed by atoms with E-state index < -0.39 is 11.6 Å². The van der Waals surface area contributed by atoms with Gasteiger partial charge in [-0.3, -0.25) is 0 Å². The maximum absolute atomic E-state index is 14.0. The van der Waals surface area contributed by atoms with Crippen LogP contribution in [0.3, 0.4) is 0 Å². The quantitative estimate of drug-likeness (QED) is 0.867. The fourth-order valence-electron chi connectivity index (χ4n) is 2.25. The molecule has 0 saturated carbocycles. The Hall–Kier alpha value is -1.45. The van der Waals surface area contributed by atoms with E-state index in [1.807, 2.05) is 26.0 Å². The van der Waals surface area contributed by atoms with Crippen LogP contribution in [0.15, 0.2) is 36.4 Å². The third kappa shape index (κ3) is 3.17. The highest BCUT2D eigenvalue weighted by molar-refractivity contribution is 6.30. The molecule has 0 amide bonds. The van der Waals surface area contributed by atoms with Crippen LogP contribution in [0, 0.1) is 18.6 Å². The van der Waals surface area contributed by atoms with Gasteiger partial charge in [-0.2, -0.15) is 0 Å². The molecule has 0 bridgehead atoms.